The average molecular weight is 325 g/mol. The molecule has 5 nitrogen and oxygen atoms in total. The Morgan fingerprint density at radius 1 is 1.29 bits per heavy atom. The number of hydrogen-bond donors (Lipinski definition) is 1. The predicted molar refractivity (Wildman–Crippen MR) is 89.3 cm³/mol. The molecule has 5 heteroatoms. The number of carboxylic acid groups (broad SMARTS) is 1. The summed E-state index contributed by atoms with van der Waals surface area (Å²) in [6.45, 7) is 4.50. The second-order valence-electron chi connectivity index (χ2n) is 5.76. The number of fused-ring (bicyclic) bond motifs is 1. The summed E-state index contributed by atoms with van der Waals surface area (Å²) >= 11 is 0. The number of rotatable bonds is 5. The summed E-state index contributed by atoms with van der Waals surface area (Å²) in [6.07, 6.45) is 0. The molecule has 0 saturated heterocycles. The zero-order chi connectivity index (χ0) is 17.3. The number of hydrogen-bond acceptors (Lipinski definition) is 3. The van der Waals surface area contributed by atoms with Crippen LogP contribution in [-0.4, -0.2) is 28.5 Å². The van der Waals surface area contributed by atoms with Gasteiger partial charge in [0.05, 0.1) is 12.6 Å². The first kappa shape index (κ1) is 16.1. The molecule has 24 heavy (non-hydrogen) atoms. The van der Waals surface area contributed by atoms with Gasteiger partial charge in [0.1, 0.15) is 11.3 Å². The predicted octanol–water partition coefficient (Wildman–Crippen LogP) is 3.50. The van der Waals surface area contributed by atoms with Crippen LogP contribution in [0.2, 0.25) is 0 Å². The van der Waals surface area contributed by atoms with Crippen molar-refractivity contribution in [1.29, 1.82) is 0 Å². The van der Waals surface area contributed by atoms with E-state index in [2.05, 4.69) is 0 Å². The van der Waals surface area contributed by atoms with E-state index in [1.54, 1.807) is 24.0 Å². The molecule has 0 spiro atoms. The van der Waals surface area contributed by atoms with Gasteiger partial charge in [-0.1, -0.05) is 30.3 Å². The van der Waals surface area contributed by atoms with Crippen LogP contribution >= 0.6 is 0 Å². The number of amides is 1. The molecule has 0 fully saturated rings. The maximum atomic E-state index is 12.8. The molecular formula is C19H19NO4. The lowest BCUT2D eigenvalue weighted by atomic mass is 10.0. The molecule has 2 aromatic carbocycles. The molecule has 1 N–H and O–H groups in total. The van der Waals surface area contributed by atoms with Gasteiger partial charge in [-0.15, -0.1) is 0 Å². The van der Waals surface area contributed by atoms with Crippen molar-refractivity contribution in [3.8, 4) is 5.75 Å². The molecule has 1 amide bonds. The molecule has 1 unspecified atom stereocenters. The highest BCUT2D eigenvalue weighted by Gasteiger charge is 2.33. The third-order valence-corrected chi connectivity index (χ3v) is 4.32. The second-order valence-corrected chi connectivity index (χ2v) is 5.76. The summed E-state index contributed by atoms with van der Waals surface area (Å²) in [6, 6.07) is 12.8. The first-order chi connectivity index (χ1) is 11.5. The fourth-order valence-corrected chi connectivity index (χ4v) is 3.03. The lowest BCUT2D eigenvalue weighted by Gasteiger charge is -2.24. The average Bonchev–Trinajstić information content (AvgIpc) is 2.91. The minimum atomic E-state index is -1.05. The first-order valence-electron chi connectivity index (χ1n) is 7.91. The van der Waals surface area contributed by atoms with Crippen LogP contribution in [0.5, 0.6) is 5.75 Å². The molecular weight excluding hydrogens is 306 g/mol. The molecule has 1 aliphatic heterocycles. The van der Waals surface area contributed by atoms with E-state index < -0.39 is 5.97 Å². The Hall–Kier alpha value is -2.82. The molecule has 0 bridgehead atoms. The topological polar surface area (TPSA) is 66.8 Å². The molecule has 1 heterocycles. The largest absolute Gasteiger partial charge is 0.493 e. The van der Waals surface area contributed by atoms with Crippen LogP contribution in [0.25, 0.3) is 0 Å². The standard InChI is InChI=1S/C19H19NO4/c1-3-24-17-10-15-14(9-16(17)19(22)23)11-20(18(15)21)12(2)13-7-5-4-6-8-13/h4-10,12H,3,11H2,1-2H3,(H,22,23). The van der Waals surface area contributed by atoms with Gasteiger partial charge in [0.2, 0.25) is 0 Å². The minimum absolute atomic E-state index is 0.0880. The van der Waals surface area contributed by atoms with Gasteiger partial charge < -0.3 is 14.7 Å². The molecule has 0 saturated carbocycles. The van der Waals surface area contributed by atoms with E-state index in [4.69, 9.17) is 4.74 Å². The maximum Gasteiger partial charge on any atom is 0.339 e. The van der Waals surface area contributed by atoms with Crippen molar-refractivity contribution in [3.05, 3.63) is 64.7 Å². The van der Waals surface area contributed by atoms with Crippen LogP contribution in [0, 0.1) is 0 Å². The van der Waals surface area contributed by atoms with E-state index in [0.717, 1.165) is 11.1 Å². The highest BCUT2D eigenvalue weighted by molar-refractivity contribution is 6.01. The van der Waals surface area contributed by atoms with Crippen molar-refractivity contribution in [2.24, 2.45) is 0 Å². The van der Waals surface area contributed by atoms with Crippen LogP contribution < -0.4 is 4.74 Å². The SMILES string of the molecule is CCOc1cc2c(cc1C(=O)O)CN(C(C)c1ccccc1)C2=O. The monoisotopic (exact) mass is 325 g/mol. The maximum absolute atomic E-state index is 12.8. The summed E-state index contributed by atoms with van der Waals surface area (Å²) < 4.78 is 5.40. The molecule has 124 valence electrons. The Morgan fingerprint density at radius 2 is 2.00 bits per heavy atom. The van der Waals surface area contributed by atoms with Gasteiger partial charge in [-0.25, -0.2) is 4.79 Å². The van der Waals surface area contributed by atoms with E-state index >= 15 is 0 Å². The van der Waals surface area contributed by atoms with Gasteiger partial charge in [0.15, 0.2) is 0 Å². The van der Waals surface area contributed by atoms with Crippen molar-refractivity contribution in [1.82, 2.24) is 4.90 Å². The smallest absolute Gasteiger partial charge is 0.339 e. The number of ether oxygens (including phenoxy) is 1. The van der Waals surface area contributed by atoms with Crippen LogP contribution in [0.4, 0.5) is 0 Å². The van der Waals surface area contributed by atoms with Gasteiger partial charge in [-0.05, 0) is 37.1 Å². The molecule has 1 aliphatic rings. The van der Waals surface area contributed by atoms with Gasteiger partial charge in [-0.3, -0.25) is 4.79 Å². The molecule has 3 rings (SSSR count). The number of nitrogens with zero attached hydrogens (tertiary/aromatic N) is 1. The number of benzene rings is 2. The summed E-state index contributed by atoms with van der Waals surface area (Å²) in [5.74, 6) is -0.909. The molecule has 1 atom stereocenters. The normalized spacial score (nSPS) is 14.4. The Labute approximate surface area is 140 Å². The van der Waals surface area contributed by atoms with Gasteiger partial charge in [-0.2, -0.15) is 0 Å². The number of carbonyl (C=O) groups excluding carboxylic acids is 1. The lowest BCUT2D eigenvalue weighted by molar-refractivity contribution is 0.0689. The van der Waals surface area contributed by atoms with Crippen LogP contribution in [0.15, 0.2) is 42.5 Å². The van der Waals surface area contributed by atoms with Gasteiger partial charge in [0, 0.05) is 12.1 Å². The Morgan fingerprint density at radius 3 is 2.62 bits per heavy atom. The van der Waals surface area contributed by atoms with Crippen LogP contribution in [0.3, 0.4) is 0 Å². The quantitative estimate of drug-likeness (QED) is 0.913. The van der Waals surface area contributed by atoms with E-state index in [0.29, 0.717) is 18.7 Å². The van der Waals surface area contributed by atoms with E-state index in [1.165, 1.54) is 0 Å². The number of carboxylic acids is 1. The minimum Gasteiger partial charge on any atom is -0.493 e. The van der Waals surface area contributed by atoms with Crippen molar-refractivity contribution in [2.75, 3.05) is 6.61 Å². The van der Waals surface area contributed by atoms with E-state index in [9.17, 15) is 14.7 Å². The lowest BCUT2D eigenvalue weighted by Crippen LogP contribution is -2.27. The molecule has 0 aromatic heterocycles. The molecule has 2 aromatic rings. The second kappa shape index (κ2) is 6.35. The highest BCUT2D eigenvalue weighted by atomic mass is 16.5. The van der Waals surface area contributed by atoms with E-state index in [-0.39, 0.29) is 23.3 Å². The fourth-order valence-electron chi connectivity index (χ4n) is 3.03. The Kier molecular flexibility index (Phi) is 4.25. The number of aromatic carboxylic acids is 1. The van der Waals surface area contributed by atoms with Crippen LogP contribution in [-0.2, 0) is 6.54 Å². The third kappa shape index (κ3) is 2.73. The van der Waals surface area contributed by atoms with Crippen molar-refractivity contribution in [2.45, 2.75) is 26.4 Å². The summed E-state index contributed by atoms with van der Waals surface area (Å²) in [5.41, 5.74) is 2.38. The van der Waals surface area contributed by atoms with E-state index in [1.807, 2.05) is 37.3 Å². The van der Waals surface area contributed by atoms with Crippen molar-refractivity contribution in [3.63, 3.8) is 0 Å². The number of carbonyl (C=O) groups is 2. The summed E-state index contributed by atoms with van der Waals surface area (Å²) in [4.78, 5) is 26.0. The third-order valence-electron chi connectivity index (χ3n) is 4.32. The summed E-state index contributed by atoms with van der Waals surface area (Å²) in [5, 5.41) is 9.36. The first-order valence-corrected chi connectivity index (χ1v) is 7.91. The fraction of sp³-hybridized carbons (Fsp3) is 0.263. The Balaban J connectivity index is 1.96. The highest BCUT2D eigenvalue weighted by Crippen LogP contribution is 2.35. The molecule has 0 radical (unpaired) electrons. The van der Waals surface area contributed by atoms with Gasteiger partial charge in [0.25, 0.3) is 5.91 Å². The zero-order valence-corrected chi connectivity index (χ0v) is 13.7. The van der Waals surface area contributed by atoms with Gasteiger partial charge >= 0.3 is 5.97 Å². The van der Waals surface area contributed by atoms with Crippen LogP contribution in [0.1, 0.15) is 51.7 Å². The molecule has 0 aliphatic carbocycles. The Bertz CT molecular complexity index is 785. The van der Waals surface area contributed by atoms with Crippen molar-refractivity contribution < 1.29 is 19.4 Å². The zero-order valence-electron chi connectivity index (χ0n) is 13.7. The van der Waals surface area contributed by atoms with Crippen molar-refractivity contribution >= 4 is 11.9 Å². The summed E-state index contributed by atoms with van der Waals surface area (Å²) in [7, 11) is 0.